The lowest BCUT2D eigenvalue weighted by Gasteiger charge is -2.17. The molecule has 114 valence electrons. The van der Waals surface area contributed by atoms with Crippen molar-refractivity contribution in [1.29, 1.82) is 0 Å². The van der Waals surface area contributed by atoms with Crippen LogP contribution in [0, 0.1) is 0 Å². The molecule has 0 radical (unpaired) electrons. The van der Waals surface area contributed by atoms with E-state index in [0.29, 0.717) is 0 Å². The number of hydrogen-bond acceptors (Lipinski definition) is 4. The Balaban J connectivity index is 1.79. The zero-order valence-corrected chi connectivity index (χ0v) is 14.2. The smallest absolute Gasteiger partial charge is 0.0964 e. The molecular weight excluding hydrogens is 330 g/mol. The van der Waals surface area contributed by atoms with Gasteiger partial charge in [0, 0.05) is 30.3 Å². The first kappa shape index (κ1) is 16.1. The van der Waals surface area contributed by atoms with Gasteiger partial charge in [-0.25, -0.2) is 0 Å². The molecule has 0 saturated carbocycles. The van der Waals surface area contributed by atoms with E-state index in [1.54, 1.807) is 0 Å². The Morgan fingerprint density at radius 2 is 2.14 bits per heavy atom. The molecule has 2 rings (SSSR count). The molecule has 0 aliphatic carbocycles. The van der Waals surface area contributed by atoms with Crippen LogP contribution in [0.15, 0.2) is 34.9 Å². The van der Waals surface area contributed by atoms with E-state index in [1.807, 2.05) is 16.9 Å². The van der Waals surface area contributed by atoms with Gasteiger partial charge in [-0.3, -0.25) is 4.68 Å². The average Bonchev–Trinajstić information content (AvgIpc) is 2.93. The fourth-order valence-electron chi connectivity index (χ4n) is 2.05. The summed E-state index contributed by atoms with van der Waals surface area (Å²) in [6.07, 6.45) is 2.01. The molecule has 0 atom stereocenters. The minimum atomic E-state index is 0.781. The Labute approximate surface area is 134 Å². The minimum Gasteiger partial charge on any atom is -0.311 e. The molecule has 0 spiro atoms. The maximum absolute atomic E-state index is 4.16. The van der Waals surface area contributed by atoms with Crippen LogP contribution in [-0.4, -0.2) is 40.0 Å². The second kappa shape index (κ2) is 8.26. The van der Waals surface area contributed by atoms with E-state index >= 15 is 0 Å². The zero-order valence-electron chi connectivity index (χ0n) is 12.6. The lowest BCUT2D eigenvalue weighted by atomic mass is 10.2. The van der Waals surface area contributed by atoms with Gasteiger partial charge in [-0.2, -0.15) is 0 Å². The maximum Gasteiger partial charge on any atom is 0.0964 e. The summed E-state index contributed by atoms with van der Waals surface area (Å²) < 4.78 is 3.06. The van der Waals surface area contributed by atoms with E-state index in [2.05, 4.69) is 68.6 Å². The van der Waals surface area contributed by atoms with Crippen LogP contribution in [0.5, 0.6) is 0 Å². The van der Waals surface area contributed by atoms with Crippen molar-refractivity contribution in [1.82, 2.24) is 25.2 Å². The standard InChI is InChI=1S/C15H22BrN5/c1-3-17-10-14-12-21(19-18-14)9-8-20(2)11-13-6-4-5-7-15(13)16/h4-7,12,17H,3,8-11H2,1-2H3. The largest absolute Gasteiger partial charge is 0.311 e. The summed E-state index contributed by atoms with van der Waals surface area (Å²) in [5.41, 5.74) is 2.29. The van der Waals surface area contributed by atoms with Crippen LogP contribution in [0.2, 0.25) is 0 Å². The van der Waals surface area contributed by atoms with Crippen LogP contribution in [0.3, 0.4) is 0 Å². The fraction of sp³-hybridized carbons (Fsp3) is 0.467. The van der Waals surface area contributed by atoms with Crippen LogP contribution in [0.1, 0.15) is 18.2 Å². The number of hydrogen-bond donors (Lipinski definition) is 1. The van der Waals surface area contributed by atoms with Crippen LogP contribution in [0.25, 0.3) is 0 Å². The van der Waals surface area contributed by atoms with Gasteiger partial charge < -0.3 is 10.2 Å². The Kier molecular flexibility index (Phi) is 6.35. The van der Waals surface area contributed by atoms with Gasteiger partial charge in [-0.15, -0.1) is 5.10 Å². The first-order chi connectivity index (χ1) is 10.2. The lowest BCUT2D eigenvalue weighted by molar-refractivity contribution is 0.303. The molecule has 0 saturated heterocycles. The second-order valence-corrected chi connectivity index (χ2v) is 5.94. The van der Waals surface area contributed by atoms with Gasteiger partial charge >= 0.3 is 0 Å². The first-order valence-electron chi connectivity index (χ1n) is 7.20. The molecule has 0 bridgehead atoms. The summed E-state index contributed by atoms with van der Waals surface area (Å²) in [6, 6.07) is 8.32. The van der Waals surface area contributed by atoms with Crippen molar-refractivity contribution in [3.8, 4) is 0 Å². The molecule has 1 N–H and O–H groups in total. The zero-order chi connectivity index (χ0) is 15.1. The van der Waals surface area contributed by atoms with Crippen molar-refractivity contribution >= 4 is 15.9 Å². The van der Waals surface area contributed by atoms with Gasteiger partial charge in [-0.1, -0.05) is 46.3 Å². The molecule has 1 heterocycles. The van der Waals surface area contributed by atoms with Crippen LogP contribution < -0.4 is 5.32 Å². The summed E-state index contributed by atoms with van der Waals surface area (Å²) in [7, 11) is 2.12. The summed E-state index contributed by atoms with van der Waals surface area (Å²) in [4.78, 5) is 2.28. The lowest BCUT2D eigenvalue weighted by Crippen LogP contribution is -2.23. The Morgan fingerprint density at radius 1 is 1.33 bits per heavy atom. The molecule has 6 heteroatoms. The Bertz CT molecular complexity index is 555. The Hall–Kier alpha value is -1.24. The summed E-state index contributed by atoms with van der Waals surface area (Å²) in [5.74, 6) is 0. The molecular formula is C15H22BrN5. The van der Waals surface area contributed by atoms with Gasteiger partial charge in [0.25, 0.3) is 0 Å². The highest BCUT2D eigenvalue weighted by atomic mass is 79.9. The van der Waals surface area contributed by atoms with Crippen molar-refractivity contribution in [2.45, 2.75) is 26.6 Å². The maximum atomic E-state index is 4.16. The summed E-state index contributed by atoms with van der Waals surface area (Å²) in [5, 5.41) is 11.6. The summed E-state index contributed by atoms with van der Waals surface area (Å²) >= 11 is 3.59. The van der Waals surface area contributed by atoms with Gasteiger partial charge in [0.15, 0.2) is 0 Å². The topological polar surface area (TPSA) is 46.0 Å². The second-order valence-electron chi connectivity index (χ2n) is 5.08. The fourth-order valence-corrected chi connectivity index (χ4v) is 2.46. The quantitative estimate of drug-likeness (QED) is 0.792. The van der Waals surface area contributed by atoms with Crippen molar-refractivity contribution in [2.24, 2.45) is 0 Å². The predicted octanol–water partition coefficient (Wildman–Crippen LogP) is 2.28. The molecule has 1 aromatic heterocycles. The molecule has 0 aliphatic heterocycles. The van der Waals surface area contributed by atoms with Crippen molar-refractivity contribution in [3.05, 3.63) is 46.2 Å². The minimum absolute atomic E-state index is 0.781. The molecule has 0 unspecified atom stereocenters. The van der Waals surface area contributed by atoms with E-state index in [0.717, 1.165) is 42.9 Å². The third-order valence-corrected chi connectivity index (χ3v) is 4.02. The highest BCUT2D eigenvalue weighted by Gasteiger charge is 2.05. The number of likely N-dealkylation sites (N-methyl/N-ethyl adjacent to an activating group) is 1. The number of rotatable bonds is 8. The third-order valence-electron chi connectivity index (χ3n) is 3.25. The monoisotopic (exact) mass is 351 g/mol. The molecule has 1 aromatic carbocycles. The average molecular weight is 352 g/mol. The van der Waals surface area contributed by atoms with Crippen LogP contribution in [0.4, 0.5) is 0 Å². The molecule has 0 fully saturated rings. The van der Waals surface area contributed by atoms with Gasteiger partial charge in [-0.05, 0) is 25.2 Å². The van der Waals surface area contributed by atoms with Crippen molar-refractivity contribution in [3.63, 3.8) is 0 Å². The molecule has 2 aromatic rings. The van der Waals surface area contributed by atoms with Gasteiger partial charge in [0.1, 0.15) is 0 Å². The molecule has 0 aliphatic rings. The predicted molar refractivity (Wildman–Crippen MR) is 87.9 cm³/mol. The van der Waals surface area contributed by atoms with E-state index in [1.165, 1.54) is 5.56 Å². The Morgan fingerprint density at radius 3 is 2.90 bits per heavy atom. The third kappa shape index (κ3) is 5.22. The van der Waals surface area contributed by atoms with Crippen molar-refractivity contribution < 1.29 is 0 Å². The number of halogens is 1. The normalized spacial score (nSPS) is 11.2. The molecule has 5 nitrogen and oxygen atoms in total. The number of nitrogens with zero attached hydrogens (tertiary/aromatic N) is 4. The number of nitrogens with one attached hydrogen (secondary N) is 1. The van der Waals surface area contributed by atoms with Crippen LogP contribution >= 0.6 is 15.9 Å². The molecule has 21 heavy (non-hydrogen) atoms. The molecule has 0 amide bonds. The van der Waals surface area contributed by atoms with E-state index in [9.17, 15) is 0 Å². The summed E-state index contributed by atoms with van der Waals surface area (Å²) in [6.45, 7) is 6.51. The SMILES string of the molecule is CCNCc1cn(CCN(C)Cc2ccccc2Br)nn1. The first-order valence-corrected chi connectivity index (χ1v) is 8.00. The highest BCUT2D eigenvalue weighted by Crippen LogP contribution is 2.17. The van der Waals surface area contributed by atoms with E-state index < -0.39 is 0 Å². The van der Waals surface area contributed by atoms with Gasteiger partial charge in [0.05, 0.1) is 12.2 Å². The number of benzene rings is 1. The van der Waals surface area contributed by atoms with E-state index in [4.69, 9.17) is 0 Å². The van der Waals surface area contributed by atoms with Crippen molar-refractivity contribution in [2.75, 3.05) is 20.1 Å². The van der Waals surface area contributed by atoms with E-state index in [-0.39, 0.29) is 0 Å². The van der Waals surface area contributed by atoms with Crippen LogP contribution in [-0.2, 0) is 19.6 Å². The highest BCUT2D eigenvalue weighted by molar-refractivity contribution is 9.10. The number of aromatic nitrogens is 3. The van der Waals surface area contributed by atoms with Gasteiger partial charge in [0.2, 0.25) is 0 Å².